The van der Waals surface area contributed by atoms with E-state index in [4.69, 9.17) is 14.2 Å². The highest BCUT2D eigenvalue weighted by Gasteiger charge is 2.19. The number of hydrogen-bond donors (Lipinski definition) is 0. The van der Waals surface area contributed by atoms with Gasteiger partial charge in [0.1, 0.15) is 13.2 Å². The van der Waals surface area contributed by atoms with Gasteiger partial charge in [0.25, 0.3) is 0 Å². The Hall–Kier alpha value is -3.41. The first-order chi connectivity index (χ1) is 30.5. The second-order valence-electron chi connectivity index (χ2n) is 16.7. The van der Waals surface area contributed by atoms with Crippen LogP contribution in [-0.2, 0) is 28.6 Å². The molecule has 0 aromatic rings. The summed E-state index contributed by atoms with van der Waals surface area (Å²) in [6, 6.07) is 0. The number of carbonyl (C=O) groups excluding carboxylic acids is 3. The number of allylic oxidation sites excluding steroid dienone is 14. The van der Waals surface area contributed by atoms with Crippen molar-refractivity contribution >= 4 is 17.9 Å². The van der Waals surface area contributed by atoms with E-state index in [1.807, 2.05) is 6.08 Å². The maximum Gasteiger partial charge on any atom is 0.306 e. The van der Waals surface area contributed by atoms with E-state index in [-0.39, 0.29) is 37.5 Å². The van der Waals surface area contributed by atoms with E-state index in [0.717, 1.165) is 89.9 Å². The molecule has 0 bridgehead atoms. The fraction of sp³-hybridized carbons (Fsp3) is 0.696. The van der Waals surface area contributed by atoms with Crippen molar-refractivity contribution < 1.29 is 28.6 Å². The van der Waals surface area contributed by atoms with Gasteiger partial charge in [0.2, 0.25) is 0 Å². The molecule has 0 radical (unpaired) electrons. The number of unbranched alkanes of at least 4 members (excludes halogenated alkanes) is 20. The van der Waals surface area contributed by atoms with Crippen LogP contribution in [0.1, 0.15) is 233 Å². The van der Waals surface area contributed by atoms with Crippen molar-refractivity contribution in [2.75, 3.05) is 13.2 Å². The van der Waals surface area contributed by atoms with Gasteiger partial charge >= 0.3 is 17.9 Å². The molecule has 0 aliphatic carbocycles. The first kappa shape index (κ1) is 58.6. The first-order valence-electron chi connectivity index (χ1n) is 25.6. The van der Waals surface area contributed by atoms with Crippen molar-refractivity contribution in [1.82, 2.24) is 0 Å². The SMILES string of the molecule is CC/C=C\C/C=C\C/C=C\C/C=C\C/C=C\C/C=C\CCC(=O)OC[C@@H](COC(=O)CCCCCCC/C=C\CCCCC)OC(=O)CCCCCCCCCCCCCCC. The Morgan fingerprint density at radius 1 is 0.339 bits per heavy atom. The minimum Gasteiger partial charge on any atom is -0.462 e. The molecular formula is C56H94O6. The lowest BCUT2D eigenvalue weighted by Crippen LogP contribution is -2.30. The zero-order valence-corrected chi connectivity index (χ0v) is 40.4. The normalized spacial score (nSPS) is 12.8. The third kappa shape index (κ3) is 47.6. The summed E-state index contributed by atoms with van der Waals surface area (Å²) in [4.78, 5) is 37.9. The zero-order valence-electron chi connectivity index (χ0n) is 40.4. The van der Waals surface area contributed by atoms with Crippen molar-refractivity contribution in [3.8, 4) is 0 Å². The van der Waals surface area contributed by atoms with Gasteiger partial charge in [-0.05, 0) is 83.5 Å². The molecule has 6 heteroatoms. The molecule has 0 unspecified atom stereocenters. The molecule has 0 fully saturated rings. The lowest BCUT2D eigenvalue weighted by Gasteiger charge is -2.18. The quantitative estimate of drug-likeness (QED) is 0.0263. The van der Waals surface area contributed by atoms with E-state index in [1.165, 1.54) is 96.3 Å². The number of carbonyl (C=O) groups is 3. The third-order valence-electron chi connectivity index (χ3n) is 10.6. The lowest BCUT2D eigenvalue weighted by molar-refractivity contribution is -0.166. The summed E-state index contributed by atoms with van der Waals surface area (Å²) in [5.74, 6) is -0.999. The molecule has 0 N–H and O–H groups in total. The van der Waals surface area contributed by atoms with Crippen molar-refractivity contribution in [2.24, 2.45) is 0 Å². The average molecular weight is 863 g/mol. The first-order valence-corrected chi connectivity index (χ1v) is 25.6. The fourth-order valence-electron chi connectivity index (χ4n) is 6.81. The molecule has 6 nitrogen and oxygen atoms in total. The van der Waals surface area contributed by atoms with Gasteiger partial charge in [-0.3, -0.25) is 14.4 Å². The van der Waals surface area contributed by atoms with Gasteiger partial charge in [0.15, 0.2) is 6.10 Å². The van der Waals surface area contributed by atoms with Gasteiger partial charge in [-0.2, -0.15) is 0 Å². The van der Waals surface area contributed by atoms with E-state index >= 15 is 0 Å². The van der Waals surface area contributed by atoms with Crippen LogP contribution in [0.15, 0.2) is 85.1 Å². The van der Waals surface area contributed by atoms with E-state index in [0.29, 0.717) is 19.3 Å². The van der Waals surface area contributed by atoms with Gasteiger partial charge in [0.05, 0.1) is 0 Å². The maximum atomic E-state index is 12.8. The van der Waals surface area contributed by atoms with Crippen molar-refractivity contribution in [2.45, 2.75) is 239 Å². The maximum absolute atomic E-state index is 12.8. The summed E-state index contributed by atoms with van der Waals surface area (Å²) < 4.78 is 16.7. The molecule has 0 amide bonds. The lowest BCUT2D eigenvalue weighted by atomic mass is 10.0. The summed E-state index contributed by atoms with van der Waals surface area (Å²) in [6.45, 7) is 6.42. The van der Waals surface area contributed by atoms with E-state index in [2.05, 4.69) is 99.8 Å². The van der Waals surface area contributed by atoms with Crippen LogP contribution in [-0.4, -0.2) is 37.2 Å². The number of hydrogen-bond acceptors (Lipinski definition) is 6. The Morgan fingerprint density at radius 3 is 1.11 bits per heavy atom. The van der Waals surface area contributed by atoms with Gasteiger partial charge in [-0.15, -0.1) is 0 Å². The highest BCUT2D eigenvalue weighted by molar-refractivity contribution is 5.71. The summed E-state index contributed by atoms with van der Waals surface area (Å²) in [5, 5.41) is 0. The second-order valence-corrected chi connectivity index (χ2v) is 16.7. The monoisotopic (exact) mass is 863 g/mol. The number of esters is 3. The highest BCUT2D eigenvalue weighted by atomic mass is 16.6. The summed E-state index contributed by atoms with van der Waals surface area (Å²) in [5.41, 5.74) is 0. The molecule has 354 valence electrons. The molecule has 0 heterocycles. The molecule has 62 heavy (non-hydrogen) atoms. The minimum atomic E-state index is -0.807. The van der Waals surface area contributed by atoms with Gasteiger partial charge in [0, 0.05) is 19.3 Å². The van der Waals surface area contributed by atoms with Crippen LogP contribution >= 0.6 is 0 Å². The molecule has 0 rings (SSSR count). The molecule has 0 saturated carbocycles. The van der Waals surface area contributed by atoms with Gasteiger partial charge in [-0.25, -0.2) is 0 Å². The Labute approximate surface area is 382 Å². The zero-order chi connectivity index (χ0) is 45.1. The summed E-state index contributed by atoms with van der Waals surface area (Å²) in [6.07, 6.45) is 64.3. The van der Waals surface area contributed by atoms with Gasteiger partial charge in [-0.1, -0.05) is 215 Å². The van der Waals surface area contributed by atoms with Crippen LogP contribution in [0.2, 0.25) is 0 Å². The van der Waals surface area contributed by atoms with Crippen LogP contribution < -0.4 is 0 Å². The molecule has 0 spiro atoms. The Balaban J connectivity index is 4.49. The summed E-state index contributed by atoms with van der Waals surface area (Å²) in [7, 11) is 0. The molecular weight excluding hydrogens is 769 g/mol. The largest absolute Gasteiger partial charge is 0.462 e. The molecule has 0 aliphatic rings. The molecule has 0 aromatic heterocycles. The molecule has 0 saturated heterocycles. The number of ether oxygens (including phenoxy) is 3. The van der Waals surface area contributed by atoms with E-state index in [9.17, 15) is 14.4 Å². The predicted octanol–water partition coefficient (Wildman–Crippen LogP) is 16.8. The number of rotatable bonds is 45. The Morgan fingerprint density at radius 2 is 0.661 bits per heavy atom. The van der Waals surface area contributed by atoms with Crippen LogP contribution in [0.25, 0.3) is 0 Å². The third-order valence-corrected chi connectivity index (χ3v) is 10.6. The second kappa shape index (κ2) is 50.2. The van der Waals surface area contributed by atoms with Gasteiger partial charge < -0.3 is 14.2 Å². The molecule has 1 atom stereocenters. The molecule has 0 aromatic carbocycles. The van der Waals surface area contributed by atoms with Crippen LogP contribution in [0.3, 0.4) is 0 Å². The van der Waals surface area contributed by atoms with Crippen molar-refractivity contribution in [3.05, 3.63) is 85.1 Å². The van der Waals surface area contributed by atoms with E-state index < -0.39 is 6.10 Å². The standard InChI is InChI=1S/C56H94O6/c1-4-7-10-13-16-19-22-25-26-27-28-29-30-32-34-37-40-43-46-49-55(58)61-52-53(51-60-54(57)48-45-42-39-36-33-24-21-18-15-12-9-6-3)62-56(59)50-47-44-41-38-35-31-23-20-17-14-11-8-5-2/h7,10,16,18-19,21,25-26,28-29,32,34,40,43,53H,4-6,8-9,11-15,17,20,22-24,27,30-31,33,35-39,41-42,44-52H2,1-3H3/b10-7-,19-16-,21-18-,26-25-,29-28-,34-32-,43-40-/t53-/m1/s1. The minimum absolute atomic E-state index is 0.103. The van der Waals surface area contributed by atoms with Crippen LogP contribution in [0.4, 0.5) is 0 Å². The van der Waals surface area contributed by atoms with Crippen molar-refractivity contribution in [1.29, 1.82) is 0 Å². The van der Waals surface area contributed by atoms with Crippen LogP contribution in [0.5, 0.6) is 0 Å². The Bertz CT molecular complexity index is 1220. The Kier molecular flexibility index (Phi) is 47.5. The van der Waals surface area contributed by atoms with Crippen molar-refractivity contribution in [3.63, 3.8) is 0 Å². The van der Waals surface area contributed by atoms with E-state index in [1.54, 1.807) is 0 Å². The topological polar surface area (TPSA) is 78.9 Å². The predicted molar refractivity (Wildman–Crippen MR) is 265 cm³/mol. The average Bonchev–Trinajstić information content (AvgIpc) is 3.27. The van der Waals surface area contributed by atoms with Crippen LogP contribution in [0, 0.1) is 0 Å². The highest BCUT2D eigenvalue weighted by Crippen LogP contribution is 2.14. The molecule has 0 aliphatic heterocycles. The fourth-order valence-corrected chi connectivity index (χ4v) is 6.81. The summed E-state index contributed by atoms with van der Waals surface area (Å²) >= 11 is 0. The smallest absolute Gasteiger partial charge is 0.306 e.